The largest absolute Gasteiger partial charge is 0.349 e. The molecule has 0 saturated carbocycles. The SMILES string of the molecule is CC(C)(C)N(Cc1ccc(CN(C(=S)S)C(C)(C)C)cc1)C(=S)S. The zero-order chi connectivity index (χ0) is 18.7. The molecule has 0 spiro atoms. The second-order valence-electron chi connectivity index (χ2n) is 7.90. The minimum atomic E-state index is -0.0568. The van der Waals surface area contributed by atoms with Crippen molar-refractivity contribution < 1.29 is 0 Å². The monoisotopic (exact) mass is 400 g/mol. The molecule has 0 saturated heterocycles. The molecule has 0 atom stereocenters. The minimum Gasteiger partial charge on any atom is -0.349 e. The fraction of sp³-hybridized carbons (Fsp3) is 0.556. The summed E-state index contributed by atoms with van der Waals surface area (Å²) in [5.41, 5.74) is 2.30. The smallest absolute Gasteiger partial charge is 0.134 e. The highest BCUT2D eigenvalue weighted by atomic mass is 32.1. The van der Waals surface area contributed by atoms with E-state index in [1.165, 1.54) is 11.1 Å². The van der Waals surface area contributed by atoms with Crippen LogP contribution in [0.4, 0.5) is 0 Å². The number of benzene rings is 1. The molecule has 1 rings (SSSR count). The molecule has 0 unspecified atom stereocenters. The summed E-state index contributed by atoms with van der Waals surface area (Å²) in [5, 5.41) is 0. The van der Waals surface area contributed by atoms with Crippen LogP contribution in [-0.2, 0) is 13.1 Å². The zero-order valence-electron chi connectivity index (χ0n) is 15.3. The van der Waals surface area contributed by atoms with Crippen LogP contribution in [0.25, 0.3) is 0 Å². The molecular formula is C18H28N2S4. The molecule has 0 aliphatic carbocycles. The van der Waals surface area contributed by atoms with Gasteiger partial charge in [0, 0.05) is 24.2 Å². The van der Waals surface area contributed by atoms with Gasteiger partial charge in [0.1, 0.15) is 8.64 Å². The average molecular weight is 401 g/mol. The zero-order valence-corrected chi connectivity index (χ0v) is 18.8. The Morgan fingerprint density at radius 1 is 0.750 bits per heavy atom. The van der Waals surface area contributed by atoms with Gasteiger partial charge >= 0.3 is 0 Å². The normalized spacial score (nSPS) is 12.0. The number of hydrogen-bond donors (Lipinski definition) is 2. The lowest BCUT2D eigenvalue weighted by molar-refractivity contribution is 0.237. The molecule has 1 aromatic carbocycles. The highest BCUT2D eigenvalue weighted by Gasteiger charge is 2.23. The molecule has 0 radical (unpaired) electrons. The van der Waals surface area contributed by atoms with Crippen LogP contribution >= 0.6 is 49.7 Å². The van der Waals surface area contributed by atoms with E-state index in [4.69, 9.17) is 24.4 Å². The van der Waals surface area contributed by atoms with Crippen LogP contribution in [0.15, 0.2) is 24.3 Å². The van der Waals surface area contributed by atoms with E-state index in [0.29, 0.717) is 8.64 Å². The summed E-state index contributed by atoms with van der Waals surface area (Å²) in [7, 11) is 0. The lowest BCUT2D eigenvalue weighted by Gasteiger charge is -2.37. The molecule has 0 fully saturated rings. The first-order valence-electron chi connectivity index (χ1n) is 7.91. The molecule has 0 bridgehead atoms. The van der Waals surface area contributed by atoms with Crippen LogP contribution in [0.2, 0.25) is 0 Å². The van der Waals surface area contributed by atoms with Gasteiger partial charge < -0.3 is 9.80 Å². The fourth-order valence-corrected chi connectivity index (χ4v) is 3.72. The molecule has 0 amide bonds. The first-order valence-corrected chi connectivity index (χ1v) is 9.62. The van der Waals surface area contributed by atoms with Gasteiger partial charge in [-0.3, -0.25) is 0 Å². The van der Waals surface area contributed by atoms with Crippen molar-refractivity contribution in [3.63, 3.8) is 0 Å². The maximum Gasteiger partial charge on any atom is 0.134 e. The Kier molecular flexibility index (Phi) is 7.60. The molecule has 1 aromatic rings. The maximum atomic E-state index is 5.28. The van der Waals surface area contributed by atoms with Crippen molar-refractivity contribution in [1.29, 1.82) is 0 Å². The Morgan fingerprint density at radius 3 is 1.17 bits per heavy atom. The van der Waals surface area contributed by atoms with Gasteiger partial charge in [-0.15, -0.1) is 25.3 Å². The molecule has 0 heterocycles. The van der Waals surface area contributed by atoms with Gasteiger partial charge in [0.15, 0.2) is 0 Å². The first-order chi connectivity index (χ1) is 10.8. The third-order valence-electron chi connectivity index (χ3n) is 3.79. The highest BCUT2D eigenvalue weighted by molar-refractivity contribution is 8.11. The number of hydrogen-bond acceptors (Lipinski definition) is 2. The van der Waals surface area contributed by atoms with Gasteiger partial charge in [0.25, 0.3) is 0 Å². The molecule has 24 heavy (non-hydrogen) atoms. The summed E-state index contributed by atoms with van der Waals surface area (Å²) in [5.74, 6) is 0. The Morgan fingerprint density at radius 2 is 1.00 bits per heavy atom. The number of rotatable bonds is 4. The summed E-state index contributed by atoms with van der Waals surface area (Å²) in [6, 6.07) is 8.57. The molecule has 0 aromatic heterocycles. The first kappa shape index (κ1) is 21.7. The Bertz CT molecular complexity index is 530. The summed E-state index contributed by atoms with van der Waals surface area (Å²) in [4.78, 5) is 4.23. The van der Waals surface area contributed by atoms with Crippen molar-refractivity contribution in [1.82, 2.24) is 9.80 Å². The van der Waals surface area contributed by atoms with E-state index in [-0.39, 0.29) is 11.1 Å². The molecule has 0 aliphatic heterocycles. The fourth-order valence-electron chi connectivity index (χ4n) is 2.30. The van der Waals surface area contributed by atoms with E-state index >= 15 is 0 Å². The van der Waals surface area contributed by atoms with Crippen LogP contribution in [0, 0.1) is 0 Å². The van der Waals surface area contributed by atoms with Crippen LogP contribution in [0.1, 0.15) is 52.7 Å². The standard InChI is InChI=1S/C18H28N2S4/c1-17(2,3)19(15(21)22)11-13-7-9-14(10-8-13)12-20(16(23)24)18(4,5)6/h7-10H,11-12H2,1-6H3,(H,21,22)(H,23,24). The van der Waals surface area contributed by atoms with Gasteiger partial charge in [-0.25, -0.2) is 0 Å². The van der Waals surface area contributed by atoms with E-state index in [2.05, 4.69) is 101 Å². The predicted octanol–water partition coefficient (Wildman–Crippen LogP) is 5.32. The van der Waals surface area contributed by atoms with E-state index in [0.717, 1.165) is 13.1 Å². The Hall–Kier alpha value is -0.300. The van der Waals surface area contributed by atoms with Gasteiger partial charge in [-0.2, -0.15) is 0 Å². The second-order valence-corrected chi connectivity index (χ2v) is 10.1. The van der Waals surface area contributed by atoms with E-state index in [1.54, 1.807) is 0 Å². The van der Waals surface area contributed by atoms with Crippen LogP contribution in [0.5, 0.6) is 0 Å². The number of thiol groups is 2. The van der Waals surface area contributed by atoms with Crippen molar-refractivity contribution in [2.75, 3.05) is 0 Å². The summed E-state index contributed by atoms with van der Waals surface area (Å²) in [6.07, 6.45) is 0. The van der Waals surface area contributed by atoms with Gasteiger partial charge in [-0.1, -0.05) is 48.7 Å². The van der Waals surface area contributed by atoms with Crippen molar-refractivity contribution in [2.24, 2.45) is 0 Å². The summed E-state index contributed by atoms with van der Waals surface area (Å²) >= 11 is 19.3. The number of nitrogens with zero attached hydrogens (tertiary/aromatic N) is 2. The third kappa shape index (κ3) is 6.54. The Labute approximate surface area is 168 Å². The molecular weight excluding hydrogens is 372 g/mol. The third-order valence-corrected chi connectivity index (χ3v) is 4.71. The maximum absolute atomic E-state index is 5.28. The van der Waals surface area contributed by atoms with E-state index in [1.807, 2.05) is 0 Å². The molecule has 6 heteroatoms. The highest BCUT2D eigenvalue weighted by Crippen LogP contribution is 2.22. The lowest BCUT2D eigenvalue weighted by Crippen LogP contribution is -2.42. The molecule has 134 valence electrons. The van der Waals surface area contributed by atoms with Gasteiger partial charge in [0.2, 0.25) is 0 Å². The topological polar surface area (TPSA) is 6.48 Å². The van der Waals surface area contributed by atoms with Gasteiger partial charge in [0.05, 0.1) is 0 Å². The van der Waals surface area contributed by atoms with Crippen molar-refractivity contribution >= 4 is 58.3 Å². The van der Waals surface area contributed by atoms with Crippen molar-refractivity contribution in [3.8, 4) is 0 Å². The van der Waals surface area contributed by atoms with E-state index in [9.17, 15) is 0 Å². The van der Waals surface area contributed by atoms with Crippen molar-refractivity contribution in [3.05, 3.63) is 35.4 Å². The number of thiocarbonyl (C=S) groups is 2. The molecule has 0 aliphatic rings. The molecule has 0 N–H and O–H groups in total. The van der Waals surface area contributed by atoms with Crippen LogP contribution < -0.4 is 0 Å². The van der Waals surface area contributed by atoms with Crippen molar-refractivity contribution in [2.45, 2.75) is 65.7 Å². The van der Waals surface area contributed by atoms with Crippen LogP contribution in [-0.4, -0.2) is 29.5 Å². The molecule has 2 nitrogen and oxygen atoms in total. The minimum absolute atomic E-state index is 0.0568. The lowest BCUT2D eigenvalue weighted by atomic mass is 10.0. The average Bonchev–Trinajstić information content (AvgIpc) is 2.40. The Balaban J connectivity index is 2.89. The van der Waals surface area contributed by atoms with E-state index < -0.39 is 0 Å². The second kappa shape index (κ2) is 8.39. The quantitative estimate of drug-likeness (QED) is 0.521. The predicted molar refractivity (Wildman–Crippen MR) is 120 cm³/mol. The summed E-state index contributed by atoms with van der Waals surface area (Å²) in [6.45, 7) is 14.3. The van der Waals surface area contributed by atoms with Crippen LogP contribution in [0.3, 0.4) is 0 Å². The summed E-state index contributed by atoms with van der Waals surface area (Å²) < 4.78 is 1.23. The van der Waals surface area contributed by atoms with Gasteiger partial charge in [-0.05, 0) is 52.7 Å².